The first-order valence-electron chi connectivity index (χ1n) is 7.57. The van der Waals surface area contributed by atoms with E-state index in [-0.39, 0.29) is 5.75 Å². The lowest BCUT2D eigenvalue weighted by Crippen LogP contribution is -2.05. The second-order valence-corrected chi connectivity index (χ2v) is 6.05. The van der Waals surface area contributed by atoms with Gasteiger partial charge >= 0.3 is 5.97 Å². The van der Waals surface area contributed by atoms with Crippen molar-refractivity contribution >= 4 is 17.7 Å². The third-order valence-electron chi connectivity index (χ3n) is 3.51. The predicted octanol–water partition coefficient (Wildman–Crippen LogP) is 2.52. The van der Waals surface area contributed by atoms with Crippen molar-refractivity contribution in [2.45, 2.75) is 5.16 Å². The number of thioether (sulfide) groups is 1. The molecule has 0 amide bonds. The van der Waals surface area contributed by atoms with Gasteiger partial charge in [0.1, 0.15) is 11.5 Å². The number of methoxy groups -OCH3 is 2. The summed E-state index contributed by atoms with van der Waals surface area (Å²) < 4.78 is 12.5. The number of hydrogen-bond donors (Lipinski definition) is 1. The van der Waals surface area contributed by atoms with Crippen LogP contribution in [0.3, 0.4) is 0 Å². The molecule has 0 radical (unpaired) electrons. The van der Waals surface area contributed by atoms with Gasteiger partial charge in [0.15, 0.2) is 11.0 Å². The zero-order valence-corrected chi connectivity index (χ0v) is 14.9. The van der Waals surface area contributed by atoms with Crippen LogP contribution in [0.15, 0.2) is 47.9 Å². The molecule has 9 heteroatoms. The van der Waals surface area contributed by atoms with Crippen molar-refractivity contribution in [2.24, 2.45) is 0 Å². The summed E-state index contributed by atoms with van der Waals surface area (Å²) in [5, 5.41) is 17.8. The summed E-state index contributed by atoms with van der Waals surface area (Å²) in [7, 11) is 3.12. The fraction of sp³-hybridized carbons (Fsp3) is 0.176. The molecule has 26 heavy (non-hydrogen) atoms. The Morgan fingerprint density at radius 3 is 2.73 bits per heavy atom. The van der Waals surface area contributed by atoms with Gasteiger partial charge < -0.3 is 14.6 Å². The van der Waals surface area contributed by atoms with E-state index in [9.17, 15) is 4.79 Å². The molecule has 0 saturated heterocycles. The van der Waals surface area contributed by atoms with Gasteiger partial charge in [-0.05, 0) is 24.3 Å². The monoisotopic (exact) mass is 372 g/mol. The first-order valence-corrected chi connectivity index (χ1v) is 8.55. The molecule has 0 aliphatic heterocycles. The minimum Gasteiger partial charge on any atom is -0.497 e. The van der Waals surface area contributed by atoms with Crippen molar-refractivity contribution < 1.29 is 19.4 Å². The highest BCUT2D eigenvalue weighted by molar-refractivity contribution is 7.99. The Kier molecular flexibility index (Phi) is 5.37. The lowest BCUT2D eigenvalue weighted by molar-refractivity contribution is -0.133. The number of hydrogen-bond acceptors (Lipinski definition) is 7. The number of benzene rings is 1. The van der Waals surface area contributed by atoms with E-state index >= 15 is 0 Å². The van der Waals surface area contributed by atoms with Gasteiger partial charge in [0.25, 0.3) is 0 Å². The van der Waals surface area contributed by atoms with Crippen LogP contribution < -0.4 is 9.47 Å². The van der Waals surface area contributed by atoms with E-state index in [1.165, 1.54) is 0 Å². The van der Waals surface area contributed by atoms with Crippen molar-refractivity contribution in [2.75, 3.05) is 20.0 Å². The molecule has 0 bridgehead atoms. The van der Waals surface area contributed by atoms with Gasteiger partial charge in [-0.3, -0.25) is 14.3 Å². The summed E-state index contributed by atoms with van der Waals surface area (Å²) in [5.74, 6) is 0.653. The molecule has 3 aromatic rings. The van der Waals surface area contributed by atoms with Crippen LogP contribution in [0.5, 0.6) is 11.5 Å². The molecule has 0 fully saturated rings. The average Bonchev–Trinajstić information content (AvgIpc) is 3.10. The number of nitrogens with zero attached hydrogens (tertiary/aromatic N) is 4. The van der Waals surface area contributed by atoms with Gasteiger partial charge in [-0.1, -0.05) is 11.8 Å². The van der Waals surface area contributed by atoms with Gasteiger partial charge in [-0.2, -0.15) is 0 Å². The van der Waals surface area contributed by atoms with Crippen molar-refractivity contribution in [3.63, 3.8) is 0 Å². The number of aliphatic carboxylic acids is 1. The van der Waals surface area contributed by atoms with Crippen LogP contribution in [0.2, 0.25) is 0 Å². The summed E-state index contributed by atoms with van der Waals surface area (Å²) in [4.78, 5) is 15.1. The third-order valence-corrected chi connectivity index (χ3v) is 4.42. The molecule has 0 saturated carbocycles. The average molecular weight is 372 g/mol. The van der Waals surface area contributed by atoms with E-state index in [1.807, 2.05) is 12.1 Å². The Morgan fingerprint density at radius 1 is 1.23 bits per heavy atom. The van der Waals surface area contributed by atoms with Crippen LogP contribution >= 0.6 is 11.8 Å². The van der Waals surface area contributed by atoms with Gasteiger partial charge in [0.05, 0.1) is 25.7 Å². The number of aromatic nitrogens is 4. The first-order chi connectivity index (χ1) is 12.6. The summed E-state index contributed by atoms with van der Waals surface area (Å²) in [6, 6.07) is 9.00. The molecule has 2 heterocycles. The number of carbonyl (C=O) groups is 1. The summed E-state index contributed by atoms with van der Waals surface area (Å²) >= 11 is 1.08. The minimum absolute atomic E-state index is 0.135. The second-order valence-electron chi connectivity index (χ2n) is 5.10. The molecule has 0 aliphatic rings. The molecule has 1 N–H and O–H groups in total. The van der Waals surface area contributed by atoms with E-state index in [0.717, 1.165) is 17.3 Å². The topological polar surface area (TPSA) is 99.4 Å². The predicted molar refractivity (Wildman–Crippen MR) is 96.1 cm³/mol. The Morgan fingerprint density at radius 2 is 2.08 bits per heavy atom. The fourth-order valence-corrected chi connectivity index (χ4v) is 3.02. The fourth-order valence-electron chi connectivity index (χ4n) is 2.36. The Bertz CT molecular complexity index is 914. The molecular weight excluding hydrogens is 356 g/mol. The number of carboxylic acids is 1. The van der Waals surface area contributed by atoms with Crippen LogP contribution in [0, 0.1) is 0 Å². The molecule has 134 valence electrons. The number of rotatable bonds is 7. The Labute approximate surface area is 153 Å². The molecule has 2 aromatic heterocycles. The standard InChI is InChI=1S/C17H16N4O4S/c1-24-12-5-6-13(14(8-12)25-2)21-16(11-4-3-7-18-9-11)19-20-17(21)26-10-15(22)23/h3-9H,10H2,1-2H3,(H,22,23). The largest absolute Gasteiger partial charge is 0.497 e. The van der Waals surface area contributed by atoms with Crippen LogP contribution in [0.25, 0.3) is 17.1 Å². The molecule has 0 aliphatic carbocycles. The molecule has 1 aromatic carbocycles. The second kappa shape index (κ2) is 7.87. The molecular formula is C17H16N4O4S. The zero-order chi connectivity index (χ0) is 18.5. The van der Waals surface area contributed by atoms with Crippen molar-refractivity contribution in [3.05, 3.63) is 42.7 Å². The van der Waals surface area contributed by atoms with Crippen LogP contribution in [0.4, 0.5) is 0 Å². The molecule has 8 nitrogen and oxygen atoms in total. The van der Waals surface area contributed by atoms with E-state index in [1.54, 1.807) is 49.4 Å². The lowest BCUT2D eigenvalue weighted by Gasteiger charge is -2.14. The van der Waals surface area contributed by atoms with Crippen LogP contribution in [-0.4, -0.2) is 50.8 Å². The van der Waals surface area contributed by atoms with Crippen LogP contribution in [-0.2, 0) is 4.79 Å². The molecule has 0 unspecified atom stereocenters. The smallest absolute Gasteiger partial charge is 0.313 e. The maximum absolute atomic E-state index is 11.0. The van der Waals surface area contributed by atoms with Gasteiger partial charge in [-0.25, -0.2) is 0 Å². The highest BCUT2D eigenvalue weighted by atomic mass is 32.2. The van der Waals surface area contributed by atoms with E-state index < -0.39 is 5.97 Å². The van der Waals surface area contributed by atoms with Gasteiger partial charge in [-0.15, -0.1) is 10.2 Å². The molecule has 0 spiro atoms. The van der Waals surface area contributed by atoms with Crippen LogP contribution in [0.1, 0.15) is 0 Å². The number of ether oxygens (including phenoxy) is 2. The van der Waals surface area contributed by atoms with Crippen molar-refractivity contribution in [1.29, 1.82) is 0 Å². The third kappa shape index (κ3) is 3.62. The number of pyridine rings is 1. The summed E-state index contributed by atoms with van der Waals surface area (Å²) in [6.07, 6.45) is 3.33. The minimum atomic E-state index is -0.936. The SMILES string of the molecule is COc1ccc(-n2c(SCC(=O)O)nnc2-c2cccnc2)c(OC)c1. The highest BCUT2D eigenvalue weighted by Gasteiger charge is 2.20. The van der Waals surface area contributed by atoms with Crippen molar-refractivity contribution in [1.82, 2.24) is 19.7 Å². The quantitative estimate of drug-likeness (QED) is 0.632. The van der Waals surface area contributed by atoms with E-state index in [4.69, 9.17) is 14.6 Å². The maximum Gasteiger partial charge on any atom is 0.313 e. The summed E-state index contributed by atoms with van der Waals surface area (Å²) in [6.45, 7) is 0. The normalized spacial score (nSPS) is 10.5. The Hall–Kier alpha value is -3.07. The molecule has 3 rings (SSSR count). The van der Waals surface area contributed by atoms with Gasteiger partial charge in [0.2, 0.25) is 0 Å². The highest BCUT2D eigenvalue weighted by Crippen LogP contribution is 2.34. The van der Waals surface area contributed by atoms with E-state index in [0.29, 0.717) is 28.2 Å². The van der Waals surface area contributed by atoms with Crippen molar-refractivity contribution in [3.8, 4) is 28.6 Å². The first kappa shape index (κ1) is 17.7. The Balaban J connectivity index is 2.17. The van der Waals surface area contributed by atoms with Gasteiger partial charge in [0, 0.05) is 24.0 Å². The zero-order valence-electron chi connectivity index (χ0n) is 14.1. The molecule has 0 atom stereocenters. The number of carboxylic acid groups (broad SMARTS) is 1. The summed E-state index contributed by atoms with van der Waals surface area (Å²) in [5.41, 5.74) is 1.42. The van der Waals surface area contributed by atoms with E-state index in [2.05, 4.69) is 15.2 Å². The maximum atomic E-state index is 11.0. The lowest BCUT2D eigenvalue weighted by atomic mass is 10.2.